The molecular weight excluding hydrogens is 244 g/mol. The van der Waals surface area contributed by atoms with E-state index in [1.165, 1.54) is 29.0 Å². The zero-order valence-electron chi connectivity index (χ0n) is 10.1. The normalized spacial score (nSPS) is 30.2. The number of aliphatic hydroxyl groups excluding tert-OH is 1. The Morgan fingerprint density at radius 2 is 2.22 bits per heavy atom. The minimum absolute atomic E-state index is 0.160. The van der Waals surface area contributed by atoms with Gasteiger partial charge in [0.15, 0.2) is 0 Å². The highest BCUT2D eigenvalue weighted by Crippen LogP contribution is 2.49. The molecule has 1 saturated carbocycles. The number of aromatic nitrogens is 2. The van der Waals surface area contributed by atoms with Crippen molar-refractivity contribution < 1.29 is 5.11 Å². The lowest BCUT2D eigenvalue weighted by Crippen LogP contribution is -2.31. The zero-order chi connectivity index (χ0) is 12.1. The van der Waals surface area contributed by atoms with E-state index in [1.54, 1.807) is 0 Å². The molecule has 1 aliphatic carbocycles. The number of hydrogen-bond acceptors (Lipinski definition) is 3. The first-order valence-corrected chi connectivity index (χ1v) is 7.52. The van der Waals surface area contributed by atoms with E-state index >= 15 is 0 Å². The van der Waals surface area contributed by atoms with E-state index in [9.17, 15) is 5.11 Å². The van der Waals surface area contributed by atoms with Crippen molar-refractivity contribution in [3.05, 3.63) is 28.8 Å². The fraction of sp³-hybridized carbons (Fsp3) is 0.500. The van der Waals surface area contributed by atoms with E-state index in [0.29, 0.717) is 12.0 Å². The van der Waals surface area contributed by atoms with E-state index in [-0.39, 0.29) is 6.10 Å². The van der Waals surface area contributed by atoms with Gasteiger partial charge in [0.1, 0.15) is 0 Å². The summed E-state index contributed by atoms with van der Waals surface area (Å²) < 4.78 is 2.26. The van der Waals surface area contributed by atoms with Gasteiger partial charge in [0.2, 0.25) is 0 Å². The molecule has 0 bridgehead atoms. The van der Waals surface area contributed by atoms with Crippen molar-refractivity contribution in [3.8, 4) is 11.3 Å². The lowest BCUT2D eigenvalue weighted by Gasteiger charge is -2.33. The Bertz CT molecular complexity index is 534. The second-order valence-corrected chi connectivity index (χ2v) is 6.29. The number of imidazole rings is 1. The molecule has 4 rings (SSSR count). The summed E-state index contributed by atoms with van der Waals surface area (Å²) in [6.07, 6.45) is 8.19. The van der Waals surface area contributed by atoms with Crippen molar-refractivity contribution in [2.45, 2.75) is 37.8 Å². The van der Waals surface area contributed by atoms with Gasteiger partial charge in [0, 0.05) is 16.4 Å². The molecule has 1 unspecified atom stereocenters. The maximum Gasteiger partial charge on any atom is 0.0957 e. The quantitative estimate of drug-likeness (QED) is 0.855. The maximum atomic E-state index is 10.3. The minimum atomic E-state index is -0.160. The van der Waals surface area contributed by atoms with Crippen molar-refractivity contribution in [3.63, 3.8) is 0 Å². The Hall–Kier alpha value is -1.13. The van der Waals surface area contributed by atoms with Gasteiger partial charge in [0.05, 0.1) is 30.4 Å². The zero-order valence-corrected chi connectivity index (χ0v) is 10.9. The van der Waals surface area contributed by atoms with Gasteiger partial charge in [-0.2, -0.15) is 0 Å². The van der Waals surface area contributed by atoms with E-state index in [1.807, 2.05) is 23.9 Å². The molecule has 18 heavy (non-hydrogen) atoms. The number of rotatable bonds is 1. The molecule has 0 radical (unpaired) electrons. The molecule has 4 heteroatoms. The second-order valence-electron chi connectivity index (χ2n) is 5.35. The summed E-state index contributed by atoms with van der Waals surface area (Å²) in [6, 6.07) is 2.50. The van der Waals surface area contributed by atoms with Crippen LogP contribution in [-0.4, -0.2) is 20.8 Å². The Balaban J connectivity index is 1.82. The molecule has 1 N–H and O–H groups in total. The van der Waals surface area contributed by atoms with E-state index < -0.39 is 0 Å². The van der Waals surface area contributed by atoms with Crippen molar-refractivity contribution >= 4 is 11.3 Å². The van der Waals surface area contributed by atoms with Crippen molar-refractivity contribution in [1.82, 2.24) is 9.55 Å². The van der Waals surface area contributed by atoms with E-state index in [2.05, 4.69) is 21.0 Å². The monoisotopic (exact) mass is 260 g/mol. The van der Waals surface area contributed by atoms with Crippen molar-refractivity contribution in [2.24, 2.45) is 5.92 Å². The third-order valence-electron chi connectivity index (χ3n) is 4.39. The molecule has 0 saturated heterocycles. The molecule has 94 valence electrons. The number of hydrogen-bond donors (Lipinski definition) is 1. The van der Waals surface area contributed by atoms with Crippen LogP contribution in [-0.2, 0) is 0 Å². The first kappa shape index (κ1) is 10.8. The summed E-state index contributed by atoms with van der Waals surface area (Å²) in [6.45, 7) is 0. The summed E-state index contributed by atoms with van der Waals surface area (Å²) in [7, 11) is 0. The largest absolute Gasteiger partial charge is 0.393 e. The van der Waals surface area contributed by atoms with Gasteiger partial charge >= 0.3 is 0 Å². The Labute approximate surface area is 110 Å². The van der Waals surface area contributed by atoms with Gasteiger partial charge in [-0.25, -0.2) is 4.98 Å². The molecule has 1 aliphatic heterocycles. The predicted octanol–water partition coefficient (Wildman–Crippen LogP) is 3.07. The molecule has 0 spiro atoms. The van der Waals surface area contributed by atoms with Gasteiger partial charge in [-0.15, -0.1) is 11.3 Å². The van der Waals surface area contributed by atoms with Crippen molar-refractivity contribution in [2.75, 3.05) is 0 Å². The van der Waals surface area contributed by atoms with Crippen LogP contribution in [0.5, 0.6) is 0 Å². The van der Waals surface area contributed by atoms with Crippen LogP contribution in [0.2, 0.25) is 0 Å². The SMILES string of the molecule is O[C@H]1CCCCC1[C@@H]1c2sccc2-c2cncn21. The van der Waals surface area contributed by atoms with Crippen molar-refractivity contribution in [1.29, 1.82) is 0 Å². The third-order valence-corrected chi connectivity index (χ3v) is 5.38. The average Bonchev–Trinajstić information content (AvgIpc) is 3.02. The van der Waals surface area contributed by atoms with Crippen LogP contribution in [0.1, 0.15) is 36.6 Å². The van der Waals surface area contributed by atoms with Gasteiger partial charge in [0.25, 0.3) is 0 Å². The number of aliphatic hydroxyl groups is 1. The van der Waals surface area contributed by atoms with Crippen LogP contribution < -0.4 is 0 Å². The molecule has 2 aromatic heterocycles. The summed E-state index contributed by atoms with van der Waals surface area (Å²) in [5, 5.41) is 12.5. The van der Waals surface area contributed by atoms with Crippen LogP contribution in [0.3, 0.4) is 0 Å². The smallest absolute Gasteiger partial charge is 0.0957 e. The molecule has 2 aliphatic rings. The van der Waals surface area contributed by atoms with Gasteiger partial charge < -0.3 is 9.67 Å². The first-order chi connectivity index (χ1) is 8.86. The highest BCUT2D eigenvalue weighted by molar-refractivity contribution is 7.10. The number of nitrogens with zero attached hydrogens (tertiary/aromatic N) is 2. The molecular formula is C14H16N2OS. The summed E-state index contributed by atoms with van der Waals surface area (Å²) in [5.74, 6) is 0.353. The standard InChI is InChI=1S/C14H16N2OS/c17-12-4-2-1-3-10(12)13-14-9(5-6-18-14)11-7-15-8-16(11)13/h5-8,10,12-13,17H,1-4H2/t10?,12-,13+/m0/s1. The lowest BCUT2D eigenvalue weighted by molar-refractivity contribution is 0.0510. The van der Waals surface area contributed by atoms with Crippen LogP contribution in [0.25, 0.3) is 11.3 Å². The predicted molar refractivity (Wildman–Crippen MR) is 71.6 cm³/mol. The average molecular weight is 260 g/mol. The number of fused-ring (bicyclic) bond motifs is 3. The lowest BCUT2D eigenvalue weighted by atomic mass is 9.81. The topological polar surface area (TPSA) is 38.1 Å². The fourth-order valence-electron chi connectivity index (χ4n) is 3.53. The highest BCUT2D eigenvalue weighted by Gasteiger charge is 2.39. The van der Waals surface area contributed by atoms with Gasteiger partial charge in [-0.3, -0.25) is 0 Å². The van der Waals surface area contributed by atoms with Crippen LogP contribution in [0.15, 0.2) is 24.0 Å². The molecule has 3 heterocycles. The van der Waals surface area contributed by atoms with Gasteiger partial charge in [-0.05, 0) is 24.3 Å². The van der Waals surface area contributed by atoms with E-state index in [4.69, 9.17) is 0 Å². The minimum Gasteiger partial charge on any atom is -0.393 e. The Kier molecular flexibility index (Phi) is 2.35. The number of thiophene rings is 1. The fourth-order valence-corrected chi connectivity index (χ4v) is 4.61. The summed E-state index contributed by atoms with van der Waals surface area (Å²) in [4.78, 5) is 5.69. The Morgan fingerprint density at radius 1 is 1.33 bits per heavy atom. The maximum absolute atomic E-state index is 10.3. The van der Waals surface area contributed by atoms with E-state index in [0.717, 1.165) is 12.8 Å². The molecule has 3 atom stereocenters. The highest BCUT2D eigenvalue weighted by atomic mass is 32.1. The second kappa shape index (κ2) is 3.93. The van der Waals surface area contributed by atoms with Gasteiger partial charge in [-0.1, -0.05) is 12.8 Å². The van der Waals surface area contributed by atoms with Crippen LogP contribution in [0.4, 0.5) is 0 Å². The molecule has 3 nitrogen and oxygen atoms in total. The Morgan fingerprint density at radius 3 is 3.11 bits per heavy atom. The third kappa shape index (κ3) is 1.36. The first-order valence-electron chi connectivity index (χ1n) is 6.64. The van der Waals surface area contributed by atoms with Crippen LogP contribution >= 0.6 is 11.3 Å². The molecule has 0 aromatic carbocycles. The molecule has 2 aromatic rings. The van der Waals surface area contributed by atoms with Crippen LogP contribution in [0, 0.1) is 5.92 Å². The molecule has 1 fully saturated rings. The summed E-state index contributed by atoms with van der Waals surface area (Å²) in [5.41, 5.74) is 2.54. The molecule has 0 amide bonds. The summed E-state index contributed by atoms with van der Waals surface area (Å²) >= 11 is 1.82.